The molecule has 1 heterocycles. The van der Waals surface area contributed by atoms with Gasteiger partial charge in [-0.1, -0.05) is 38.2 Å². The molecule has 0 spiro atoms. The molecular weight excluding hydrogens is 292 g/mol. The molecule has 1 saturated carbocycles. The van der Waals surface area contributed by atoms with Gasteiger partial charge in [-0.15, -0.1) is 0 Å². The van der Waals surface area contributed by atoms with Crippen molar-refractivity contribution in [1.29, 1.82) is 0 Å². The van der Waals surface area contributed by atoms with Gasteiger partial charge in [0.05, 0.1) is 6.04 Å². The largest absolute Gasteiger partial charge is 0.367 e. The van der Waals surface area contributed by atoms with E-state index in [0.29, 0.717) is 12.0 Å². The van der Waals surface area contributed by atoms with Crippen molar-refractivity contribution in [3.05, 3.63) is 36.1 Å². The molecule has 2 aliphatic carbocycles. The predicted molar refractivity (Wildman–Crippen MR) is 104 cm³/mol. The SMILES string of the molecule is CCN(CC)C1CCC(N2C=C(C)C=CC2C2C=CCCC2)CC1. The van der Waals surface area contributed by atoms with E-state index in [1.165, 1.54) is 63.6 Å². The molecule has 2 nitrogen and oxygen atoms in total. The third-order valence-corrected chi connectivity index (χ3v) is 6.40. The molecule has 0 radical (unpaired) electrons. The van der Waals surface area contributed by atoms with E-state index in [1.807, 2.05) is 0 Å². The van der Waals surface area contributed by atoms with Gasteiger partial charge in [-0.25, -0.2) is 0 Å². The van der Waals surface area contributed by atoms with Crippen molar-refractivity contribution >= 4 is 0 Å². The molecule has 2 unspecified atom stereocenters. The summed E-state index contributed by atoms with van der Waals surface area (Å²) in [7, 11) is 0. The van der Waals surface area contributed by atoms with Crippen molar-refractivity contribution in [2.75, 3.05) is 13.1 Å². The fourth-order valence-electron chi connectivity index (χ4n) is 5.01. The minimum absolute atomic E-state index is 0.584. The first kappa shape index (κ1) is 17.8. The molecule has 0 amide bonds. The first-order valence-corrected chi connectivity index (χ1v) is 10.3. The van der Waals surface area contributed by atoms with E-state index in [1.54, 1.807) is 0 Å². The van der Waals surface area contributed by atoms with Gasteiger partial charge in [0, 0.05) is 24.2 Å². The van der Waals surface area contributed by atoms with Crippen LogP contribution >= 0.6 is 0 Å². The second kappa shape index (κ2) is 8.38. The minimum Gasteiger partial charge on any atom is -0.367 e. The molecule has 2 atom stereocenters. The van der Waals surface area contributed by atoms with Gasteiger partial charge < -0.3 is 9.80 Å². The molecule has 3 rings (SSSR count). The molecule has 0 aromatic rings. The second-order valence-corrected chi connectivity index (χ2v) is 7.88. The van der Waals surface area contributed by atoms with Gasteiger partial charge >= 0.3 is 0 Å². The lowest BCUT2D eigenvalue weighted by atomic mass is 9.83. The van der Waals surface area contributed by atoms with Gasteiger partial charge in [0.2, 0.25) is 0 Å². The fourth-order valence-corrected chi connectivity index (χ4v) is 5.01. The maximum absolute atomic E-state index is 2.73. The molecule has 0 aromatic carbocycles. The Balaban J connectivity index is 1.66. The molecule has 134 valence electrons. The summed E-state index contributed by atoms with van der Waals surface area (Å²) in [6.45, 7) is 9.27. The lowest BCUT2D eigenvalue weighted by Crippen LogP contribution is -2.48. The van der Waals surface area contributed by atoms with E-state index in [0.717, 1.165) is 12.1 Å². The third kappa shape index (κ3) is 3.96. The summed E-state index contributed by atoms with van der Waals surface area (Å²) >= 11 is 0. The van der Waals surface area contributed by atoms with Crippen molar-refractivity contribution in [1.82, 2.24) is 9.80 Å². The van der Waals surface area contributed by atoms with E-state index in [2.05, 4.69) is 61.1 Å². The first-order valence-electron chi connectivity index (χ1n) is 10.3. The van der Waals surface area contributed by atoms with Crippen molar-refractivity contribution < 1.29 is 0 Å². The second-order valence-electron chi connectivity index (χ2n) is 7.88. The lowest BCUT2D eigenvalue weighted by molar-refractivity contribution is 0.101. The summed E-state index contributed by atoms with van der Waals surface area (Å²) < 4.78 is 0. The Morgan fingerprint density at radius 2 is 1.79 bits per heavy atom. The molecule has 0 bridgehead atoms. The third-order valence-electron chi connectivity index (χ3n) is 6.40. The normalized spacial score (nSPS) is 33.8. The van der Waals surface area contributed by atoms with E-state index in [4.69, 9.17) is 0 Å². The van der Waals surface area contributed by atoms with E-state index in [-0.39, 0.29) is 0 Å². The Bertz CT molecular complexity index is 478. The highest BCUT2D eigenvalue weighted by molar-refractivity contribution is 5.25. The maximum atomic E-state index is 2.73. The van der Waals surface area contributed by atoms with E-state index >= 15 is 0 Å². The number of hydrogen-bond acceptors (Lipinski definition) is 2. The smallest absolute Gasteiger partial charge is 0.0536 e. The molecule has 3 aliphatic rings. The highest BCUT2D eigenvalue weighted by Gasteiger charge is 2.33. The first-order chi connectivity index (χ1) is 11.7. The molecular formula is C22H36N2. The van der Waals surface area contributed by atoms with Crippen LogP contribution in [0.4, 0.5) is 0 Å². The van der Waals surface area contributed by atoms with Crippen molar-refractivity contribution in [3.8, 4) is 0 Å². The topological polar surface area (TPSA) is 6.48 Å². The van der Waals surface area contributed by atoms with Crippen LogP contribution in [0.1, 0.15) is 65.7 Å². The van der Waals surface area contributed by atoms with Gasteiger partial charge in [0.15, 0.2) is 0 Å². The van der Waals surface area contributed by atoms with E-state index in [9.17, 15) is 0 Å². The molecule has 1 fully saturated rings. The zero-order valence-corrected chi connectivity index (χ0v) is 16.0. The van der Waals surface area contributed by atoms with Crippen LogP contribution in [0, 0.1) is 5.92 Å². The average molecular weight is 329 g/mol. The van der Waals surface area contributed by atoms with Crippen LogP contribution in [-0.4, -0.2) is 41.0 Å². The van der Waals surface area contributed by atoms with Crippen LogP contribution in [0.3, 0.4) is 0 Å². The highest BCUT2D eigenvalue weighted by atomic mass is 15.2. The van der Waals surface area contributed by atoms with Gasteiger partial charge in [-0.3, -0.25) is 0 Å². The fraction of sp³-hybridized carbons (Fsp3) is 0.727. The van der Waals surface area contributed by atoms with Crippen LogP contribution in [0.15, 0.2) is 36.1 Å². The average Bonchev–Trinajstić information content (AvgIpc) is 2.64. The Kier molecular flexibility index (Phi) is 6.21. The number of nitrogens with zero attached hydrogens (tertiary/aromatic N) is 2. The van der Waals surface area contributed by atoms with E-state index < -0.39 is 0 Å². The lowest BCUT2D eigenvalue weighted by Gasteiger charge is -2.45. The Hall–Kier alpha value is -1.02. The number of rotatable bonds is 5. The van der Waals surface area contributed by atoms with Crippen molar-refractivity contribution in [3.63, 3.8) is 0 Å². The maximum Gasteiger partial charge on any atom is 0.0536 e. The predicted octanol–water partition coefficient (Wildman–Crippen LogP) is 5.14. The quantitative estimate of drug-likeness (QED) is 0.645. The summed E-state index contributed by atoms with van der Waals surface area (Å²) in [6.07, 6.45) is 21.6. The summed E-state index contributed by atoms with van der Waals surface area (Å²) in [4.78, 5) is 5.39. The van der Waals surface area contributed by atoms with Crippen LogP contribution in [0.2, 0.25) is 0 Å². The Morgan fingerprint density at radius 1 is 1.04 bits per heavy atom. The van der Waals surface area contributed by atoms with Gasteiger partial charge in [-0.05, 0) is 70.5 Å². The standard InChI is InChI=1S/C22H36N2/c1-4-23(5-2)20-12-14-21(15-13-20)24-17-18(3)11-16-22(24)19-9-7-6-8-10-19/h7,9,11,16-17,19-22H,4-6,8,10,12-15H2,1-3H3. The zero-order valence-electron chi connectivity index (χ0n) is 16.0. The molecule has 0 saturated heterocycles. The Labute approximate surface area is 149 Å². The molecule has 1 aliphatic heterocycles. The highest BCUT2D eigenvalue weighted by Crippen LogP contribution is 2.34. The molecule has 0 N–H and O–H groups in total. The van der Waals surface area contributed by atoms with Gasteiger partial charge in [-0.2, -0.15) is 0 Å². The monoisotopic (exact) mass is 328 g/mol. The summed E-state index contributed by atoms with van der Waals surface area (Å²) in [5.74, 6) is 0.708. The molecule has 24 heavy (non-hydrogen) atoms. The van der Waals surface area contributed by atoms with Crippen LogP contribution < -0.4 is 0 Å². The summed E-state index contributed by atoms with van der Waals surface area (Å²) in [5.41, 5.74) is 1.41. The minimum atomic E-state index is 0.584. The van der Waals surface area contributed by atoms with Gasteiger partial charge in [0.25, 0.3) is 0 Å². The Morgan fingerprint density at radius 3 is 2.42 bits per heavy atom. The van der Waals surface area contributed by atoms with Crippen LogP contribution in [0.25, 0.3) is 0 Å². The van der Waals surface area contributed by atoms with Crippen molar-refractivity contribution in [2.24, 2.45) is 5.92 Å². The van der Waals surface area contributed by atoms with Crippen LogP contribution in [-0.2, 0) is 0 Å². The van der Waals surface area contributed by atoms with Gasteiger partial charge in [0.1, 0.15) is 0 Å². The number of hydrogen-bond donors (Lipinski definition) is 0. The number of allylic oxidation sites excluding steroid dienone is 3. The zero-order chi connectivity index (χ0) is 16.9. The summed E-state index contributed by atoms with van der Waals surface area (Å²) in [6, 6.07) is 2.13. The van der Waals surface area contributed by atoms with Crippen molar-refractivity contribution in [2.45, 2.75) is 83.8 Å². The van der Waals surface area contributed by atoms with Crippen LogP contribution in [0.5, 0.6) is 0 Å². The molecule has 2 heteroatoms. The summed E-state index contributed by atoms with van der Waals surface area (Å²) in [5, 5.41) is 0. The molecule has 0 aromatic heterocycles.